The number of aromatic nitrogens is 2. The fourth-order valence-corrected chi connectivity index (χ4v) is 3.45. The second kappa shape index (κ2) is 7.15. The Morgan fingerprint density at radius 1 is 1.31 bits per heavy atom. The van der Waals surface area contributed by atoms with Crippen LogP contribution in [0.4, 0.5) is 22.9 Å². The third-order valence-electron chi connectivity index (χ3n) is 4.77. The molecule has 1 aromatic heterocycles. The number of aryl methyl sites for hydroxylation is 1. The predicted molar refractivity (Wildman–Crippen MR) is 103 cm³/mol. The van der Waals surface area contributed by atoms with Crippen molar-refractivity contribution in [1.29, 1.82) is 0 Å². The molecule has 0 radical (unpaired) electrons. The number of nitro groups is 1. The van der Waals surface area contributed by atoms with E-state index in [1.165, 1.54) is 6.07 Å². The first-order valence-electron chi connectivity index (χ1n) is 8.89. The zero-order valence-electron chi connectivity index (χ0n) is 15.1. The SMILES string of the molecule is CCCc1cc(N2CCCC2C)nc(-c2c(N)ccc(N)c2[N+](=O)[O-])n1. The van der Waals surface area contributed by atoms with Gasteiger partial charge in [0.15, 0.2) is 5.82 Å². The molecule has 8 nitrogen and oxygen atoms in total. The van der Waals surface area contributed by atoms with Crippen LogP contribution < -0.4 is 16.4 Å². The van der Waals surface area contributed by atoms with Gasteiger partial charge >= 0.3 is 5.69 Å². The van der Waals surface area contributed by atoms with Gasteiger partial charge in [-0.15, -0.1) is 0 Å². The number of hydrogen-bond donors (Lipinski definition) is 2. The summed E-state index contributed by atoms with van der Waals surface area (Å²) in [5.41, 5.74) is 13.0. The number of rotatable bonds is 5. The average Bonchev–Trinajstić information content (AvgIpc) is 3.02. The van der Waals surface area contributed by atoms with Gasteiger partial charge in [0.25, 0.3) is 0 Å². The first-order valence-corrected chi connectivity index (χ1v) is 8.89. The van der Waals surface area contributed by atoms with Crippen molar-refractivity contribution in [2.45, 2.75) is 45.6 Å². The monoisotopic (exact) mass is 356 g/mol. The van der Waals surface area contributed by atoms with Crippen LogP contribution in [0.25, 0.3) is 11.4 Å². The molecule has 1 aliphatic rings. The molecule has 1 aliphatic heterocycles. The molecule has 1 unspecified atom stereocenters. The summed E-state index contributed by atoms with van der Waals surface area (Å²) >= 11 is 0. The molecular formula is C18H24N6O2. The first-order chi connectivity index (χ1) is 12.4. The normalized spacial score (nSPS) is 16.8. The predicted octanol–water partition coefficient (Wildman–Crippen LogP) is 3.16. The van der Waals surface area contributed by atoms with E-state index in [-0.39, 0.29) is 28.5 Å². The summed E-state index contributed by atoms with van der Waals surface area (Å²) in [6.07, 6.45) is 3.88. The Morgan fingerprint density at radius 3 is 2.65 bits per heavy atom. The van der Waals surface area contributed by atoms with Crippen LogP contribution in [0.15, 0.2) is 18.2 Å². The van der Waals surface area contributed by atoms with Crippen molar-refractivity contribution in [2.75, 3.05) is 22.9 Å². The van der Waals surface area contributed by atoms with Crippen LogP contribution in [0.2, 0.25) is 0 Å². The maximum atomic E-state index is 11.6. The highest BCUT2D eigenvalue weighted by Crippen LogP contribution is 2.38. The van der Waals surface area contributed by atoms with Crippen molar-refractivity contribution >= 4 is 22.9 Å². The van der Waals surface area contributed by atoms with E-state index in [9.17, 15) is 10.1 Å². The number of nitro benzene ring substituents is 1. The highest BCUT2D eigenvalue weighted by Gasteiger charge is 2.27. The zero-order chi connectivity index (χ0) is 18.8. The van der Waals surface area contributed by atoms with Crippen LogP contribution in [0, 0.1) is 10.1 Å². The van der Waals surface area contributed by atoms with E-state index < -0.39 is 4.92 Å². The van der Waals surface area contributed by atoms with Crippen molar-refractivity contribution in [2.24, 2.45) is 0 Å². The fraction of sp³-hybridized carbons (Fsp3) is 0.444. The molecule has 2 heterocycles. The van der Waals surface area contributed by atoms with Gasteiger partial charge in [-0.05, 0) is 38.3 Å². The molecule has 0 bridgehead atoms. The molecule has 138 valence electrons. The van der Waals surface area contributed by atoms with Gasteiger partial charge in [0.1, 0.15) is 17.1 Å². The Labute approximate surface area is 152 Å². The third kappa shape index (κ3) is 3.26. The number of hydrogen-bond acceptors (Lipinski definition) is 7. The molecule has 0 spiro atoms. The molecule has 3 rings (SSSR count). The minimum Gasteiger partial charge on any atom is -0.398 e. The second-order valence-corrected chi connectivity index (χ2v) is 6.70. The van der Waals surface area contributed by atoms with Crippen LogP contribution in [-0.4, -0.2) is 27.5 Å². The van der Waals surface area contributed by atoms with Gasteiger partial charge in [-0.25, -0.2) is 9.97 Å². The van der Waals surface area contributed by atoms with Crippen molar-refractivity contribution in [3.05, 3.63) is 34.0 Å². The van der Waals surface area contributed by atoms with Gasteiger partial charge in [-0.2, -0.15) is 0 Å². The van der Waals surface area contributed by atoms with Gasteiger partial charge in [0.05, 0.1) is 4.92 Å². The van der Waals surface area contributed by atoms with E-state index in [1.807, 2.05) is 6.07 Å². The lowest BCUT2D eigenvalue weighted by Crippen LogP contribution is -2.27. The maximum absolute atomic E-state index is 11.6. The molecule has 4 N–H and O–H groups in total. The van der Waals surface area contributed by atoms with Gasteiger partial charge < -0.3 is 16.4 Å². The minimum atomic E-state index is -0.519. The molecule has 1 aromatic carbocycles. The Bertz CT molecular complexity index is 839. The minimum absolute atomic E-state index is 0.0554. The lowest BCUT2D eigenvalue weighted by atomic mass is 10.1. The van der Waals surface area contributed by atoms with E-state index in [4.69, 9.17) is 11.5 Å². The standard InChI is InChI=1S/C18H24N6O2/c1-3-5-12-10-15(23-9-4-6-11(23)2)22-18(21-12)16-13(19)7-8-14(20)17(16)24(25)26/h7-8,10-11H,3-6,9,19-20H2,1-2H3. The van der Waals surface area contributed by atoms with E-state index in [0.29, 0.717) is 6.04 Å². The topological polar surface area (TPSA) is 124 Å². The van der Waals surface area contributed by atoms with Gasteiger partial charge in [-0.1, -0.05) is 13.3 Å². The number of benzene rings is 1. The van der Waals surface area contributed by atoms with Crippen LogP contribution >= 0.6 is 0 Å². The van der Waals surface area contributed by atoms with Gasteiger partial charge in [0, 0.05) is 30.0 Å². The molecule has 2 aromatic rings. The van der Waals surface area contributed by atoms with Crippen molar-refractivity contribution in [1.82, 2.24) is 9.97 Å². The summed E-state index contributed by atoms with van der Waals surface area (Å²) in [4.78, 5) is 22.5. The van der Waals surface area contributed by atoms with Crippen LogP contribution in [0.5, 0.6) is 0 Å². The maximum Gasteiger partial charge on any atom is 0.305 e. The smallest absolute Gasteiger partial charge is 0.305 e. The number of nitrogen functional groups attached to an aromatic ring is 2. The van der Waals surface area contributed by atoms with Crippen molar-refractivity contribution in [3.63, 3.8) is 0 Å². The number of nitrogens with zero attached hydrogens (tertiary/aromatic N) is 4. The molecular weight excluding hydrogens is 332 g/mol. The Hall–Kier alpha value is -2.90. The summed E-state index contributed by atoms with van der Waals surface area (Å²) in [6, 6.07) is 5.35. The lowest BCUT2D eigenvalue weighted by molar-refractivity contribution is -0.383. The summed E-state index contributed by atoms with van der Waals surface area (Å²) in [5, 5.41) is 11.6. The molecule has 0 amide bonds. The van der Waals surface area contributed by atoms with E-state index in [2.05, 4.69) is 28.7 Å². The van der Waals surface area contributed by atoms with E-state index in [1.54, 1.807) is 6.07 Å². The lowest BCUT2D eigenvalue weighted by Gasteiger charge is -2.23. The molecule has 26 heavy (non-hydrogen) atoms. The zero-order valence-corrected chi connectivity index (χ0v) is 15.1. The van der Waals surface area contributed by atoms with Gasteiger partial charge in [0.2, 0.25) is 0 Å². The number of anilines is 3. The summed E-state index contributed by atoms with van der Waals surface area (Å²) in [5.74, 6) is 1.06. The molecule has 1 fully saturated rings. The second-order valence-electron chi connectivity index (χ2n) is 6.70. The largest absolute Gasteiger partial charge is 0.398 e. The third-order valence-corrected chi connectivity index (χ3v) is 4.77. The molecule has 1 atom stereocenters. The Balaban J connectivity index is 2.21. The number of nitrogens with two attached hydrogens (primary N) is 2. The summed E-state index contributed by atoms with van der Waals surface area (Å²) in [7, 11) is 0. The quantitative estimate of drug-likeness (QED) is 0.479. The highest BCUT2D eigenvalue weighted by atomic mass is 16.6. The Kier molecular flexibility index (Phi) is 4.92. The Morgan fingerprint density at radius 2 is 2.04 bits per heavy atom. The van der Waals surface area contributed by atoms with Crippen molar-refractivity contribution in [3.8, 4) is 11.4 Å². The highest BCUT2D eigenvalue weighted by molar-refractivity contribution is 5.87. The van der Waals surface area contributed by atoms with Crippen LogP contribution in [0.3, 0.4) is 0 Å². The van der Waals surface area contributed by atoms with Gasteiger partial charge in [-0.3, -0.25) is 10.1 Å². The fourth-order valence-electron chi connectivity index (χ4n) is 3.45. The van der Waals surface area contributed by atoms with Crippen LogP contribution in [-0.2, 0) is 6.42 Å². The average molecular weight is 356 g/mol. The molecule has 1 saturated heterocycles. The molecule has 8 heteroatoms. The summed E-state index contributed by atoms with van der Waals surface area (Å²) < 4.78 is 0. The molecule has 0 saturated carbocycles. The van der Waals surface area contributed by atoms with E-state index in [0.717, 1.165) is 43.7 Å². The first kappa shape index (κ1) is 17.9. The van der Waals surface area contributed by atoms with E-state index >= 15 is 0 Å². The summed E-state index contributed by atoms with van der Waals surface area (Å²) in [6.45, 7) is 5.14. The molecule has 0 aliphatic carbocycles. The van der Waals surface area contributed by atoms with Crippen LogP contribution in [0.1, 0.15) is 38.8 Å². The van der Waals surface area contributed by atoms with Crippen molar-refractivity contribution < 1.29 is 4.92 Å².